The quantitative estimate of drug-likeness (QED) is 0.827. The van der Waals surface area contributed by atoms with Crippen LogP contribution in [0.1, 0.15) is 52.5 Å². The van der Waals surface area contributed by atoms with E-state index < -0.39 is 10.0 Å². The van der Waals surface area contributed by atoms with Crippen molar-refractivity contribution in [3.8, 4) is 0 Å². The molecule has 2 aromatic rings. The van der Waals surface area contributed by atoms with E-state index >= 15 is 0 Å². The number of aryl methyl sites for hydroxylation is 3. The molecule has 1 aliphatic rings. The molecule has 7 heteroatoms. The normalized spacial score (nSPS) is 15.6. The Labute approximate surface area is 167 Å². The van der Waals surface area contributed by atoms with Crippen molar-refractivity contribution in [2.75, 3.05) is 21.9 Å². The zero-order valence-electron chi connectivity index (χ0n) is 16.9. The summed E-state index contributed by atoms with van der Waals surface area (Å²) < 4.78 is 25.8. The first-order valence-electron chi connectivity index (χ1n) is 9.62. The Hall–Kier alpha value is -2.41. The predicted octanol–water partition coefficient (Wildman–Crippen LogP) is 3.75. The number of carbonyl (C=O) groups excluding carboxylic acids is 1. The molecule has 0 unspecified atom stereocenters. The van der Waals surface area contributed by atoms with Gasteiger partial charge < -0.3 is 5.32 Å². The van der Waals surface area contributed by atoms with Gasteiger partial charge in [-0.05, 0) is 68.5 Å². The van der Waals surface area contributed by atoms with Crippen LogP contribution in [-0.2, 0) is 16.4 Å². The van der Waals surface area contributed by atoms with Crippen molar-refractivity contribution in [3.63, 3.8) is 0 Å². The summed E-state index contributed by atoms with van der Waals surface area (Å²) in [6, 6.07) is 7.64. The van der Waals surface area contributed by atoms with E-state index in [4.69, 9.17) is 0 Å². The number of benzene rings is 1. The van der Waals surface area contributed by atoms with Crippen molar-refractivity contribution in [1.29, 1.82) is 0 Å². The molecule has 0 saturated carbocycles. The number of carbonyl (C=O) groups is 1. The van der Waals surface area contributed by atoms with E-state index in [0.717, 1.165) is 29.7 Å². The van der Waals surface area contributed by atoms with Crippen LogP contribution < -0.4 is 9.62 Å². The molecular weight excluding hydrogens is 374 g/mol. The molecule has 0 atom stereocenters. The van der Waals surface area contributed by atoms with E-state index in [-0.39, 0.29) is 11.7 Å². The van der Waals surface area contributed by atoms with Gasteiger partial charge in [-0.2, -0.15) is 0 Å². The highest BCUT2D eigenvalue weighted by atomic mass is 32.2. The maximum Gasteiger partial charge on any atom is 0.256 e. The molecule has 2 heterocycles. The number of aromatic nitrogens is 1. The van der Waals surface area contributed by atoms with Crippen LogP contribution in [0.3, 0.4) is 0 Å². The number of sulfonamides is 1. The van der Waals surface area contributed by atoms with Crippen LogP contribution >= 0.6 is 0 Å². The van der Waals surface area contributed by atoms with Crippen LogP contribution in [0.25, 0.3) is 0 Å². The average Bonchev–Trinajstić information content (AvgIpc) is 2.96. The molecule has 0 bridgehead atoms. The molecule has 0 aliphatic carbocycles. The summed E-state index contributed by atoms with van der Waals surface area (Å²) in [6.45, 7) is 8.16. The Kier molecular flexibility index (Phi) is 5.74. The molecule has 1 aromatic carbocycles. The van der Waals surface area contributed by atoms with E-state index in [1.807, 2.05) is 26.0 Å². The average molecular weight is 402 g/mol. The van der Waals surface area contributed by atoms with E-state index in [1.165, 1.54) is 9.87 Å². The third-order valence-electron chi connectivity index (χ3n) is 5.04. The minimum atomic E-state index is -3.35. The molecule has 1 fully saturated rings. The van der Waals surface area contributed by atoms with Crippen molar-refractivity contribution in [3.05, 3.63) is 52.2 Å². The predicted molar refractivity (Wildman–Crippen MR) is 113 cm³/mol. The fourth-order valence-corrected chi connectivity index (χ4v) is 5.05. The van der Waals surface area contributed by atoms with Gasteiger partial charge >= 0.3 is 0 Å². The minimum absolute atomic E-state index is 0.118. The van der Waals surface area contributed by atoms with Crippen LogP contribution in [0, 0.1) is 20.8 Å². The van der Waals surface area contributed by atoms with Gasteiger partial charge in [0.2, 0.25) is 10.0 Å². The van der Waals surface area contributed by atoms with Crippen LogP contribution in [0.15, 0.2) is 24.3 Å². The first-order chi connectivity index (χ1) is 13.2. The second-order valence-electron chi connectivity index (χ2n) is 7.39. The summed E-state index contributed by atoms with van der Waals surface area (Å²) in [7, 11) is -3.35. The summed E-state index contributed by atoms with van der Waals surface area (Å²) in [5, 5.41) is 2.97. The highest BCUT2D eigenvalue weighted by molar-refractivity contribution is 7.93. The van der Waals surface area contributed by atoms with E-state index in [9.17, 15) is 13.2 Å². The number of amides is 1. The van der Waals surface area contributed by atoms with Gasteiger partial charge in [0.25, 0.3) is 5.91 Å². The molecule has 0 radical (unpaired) electrons. The van der Waals surface area contributed by atoms with Crippen molar-refractivity contribution in [2.24, 2.45) is 0 Å². The number of anilines is 2. The molecule has 1 saturated heterocycles. The summed E-state index contributed by atoms with van der Waals surface area (Å²) in [5.41, 5.74) is 4.87. The van der Waals surface area contributed by atoms with Crippen molar-refractivity contribution >= 4 is 27.4 Å². The molecule has 28 heavy (non-hydrogen) atoms. The maximum atomic E-state index is 13.0. The van der Waals surface area contributed by atoms with Crippen molar-refractivity contribution in [2.45, 2.75) is 47.0 Å². The van der Waals surface area contributed by atoms with Gasteiger partial charge in [0.05, 0.1) is 5.75 Å². The summed E-state index contributed by atoms with van der Waals surface area (Å²) >= 11 is 0. The number of rotatable bonds is 5. The Morgan fingerprint density at radius 3 is 2.57 bits per heavy atom. The Morgan fingerprint density at radius 1 is 1.18 bits per heavy atom. The maximum absolute atomic E-state index is 13.0. The van der Waals surface area contributed by atoms with Gasteiger partial charge in [0, 0.05) is 23.5 Å². The van der Waals surface area contributed by atoms with Crippen LogP contribution in [-0.4, -0.2) is 31.6 Å². The third-order valence-corrected chi connectivity index (χ3v) is 6.88. The molecule has 1 aliphatic heterocycles. The summed E-state index contributed by atoms with van der Waals surface area (Å²) in [5.74, 6) is 0.183. The van der Waals surface area contributed by atoms with E-state index in [1.54, 1.807) is 13.0 Å². The SMILES string of the molecule is CCCc1cc(C)cc(NC(=O)c2cc(N3CCCS3(=O)=O)nc(C)c2C)c1. The lowest BCUT2D eigenvalue weighted by Crippen LogP contribution is -2.27. The largest absolute Gasteiger partial charge is 0.322 e. The second kappa shape index (κ2) is 7.91. The summed E-state index contributed by atoms with van der Waals surface area (Å²) in [6.07, 6.45) is 2.56. The Bertz CT molecular complexity index is 1020. The molecule has 3 rings (SSSR count). The van der Waals surface area contributed by atoms with Crippen molar-refractivity contribution in [1.82, 2.24) is 4.98 Å². The zero-order valence-corrected chi connectivity index (χ0v) is 17.7. The zero-order chi connectivity index (χ0) is 20.5. The van der Waals surface area contributed by atoms with Crippen LogP contribution in [0.4, 0.5) is 11.5 Å². The van der Waals surface area contributed by atoms with E-state index in [0.29, 0.717) is 30.0 Å². The number of pyridine rings is 1. The van der Waals surface area contributed by atoms with E-state index in [2.05, 4.69) is 23.3 Å². The lowest BCUT2D eigenvalue weighted by atomic mass is 10.0. The second-order valence-corrected chi connectivity index (χ2v) is 9.40. The number of hydrogen-bond acceptors (Lipinski definition) is 4. The molecule has 1 aromatic heterocycles. The fourth-order valence-electron chi connectivity index (χ4n) is 3.55. The number of nitrogens with zero attached hydrogens (tertiary/aromatic N) is 2. The molecule has 1 N–H and O–H groups in total. The molecular formula is C21H27N3O3S. The third kappa shape index (κ3) is 4.19. The van der Waals surface area contributed by atoms with Crippen molar-refractivity contribution < 1.29 is 13.2 Å². The highest BCUT2D eigenvalue weighted by Gasteiger charge is 2.30. The molecule has 6 nitrogen and oxygen atoms in total. The molecule has 0 spiro atoms. The summed E-state index contributed by atoms with van der Waals surface area (Å²) in [4.78, 5) is 17.4. The monoisotopic (exact) mass is 401 g/mol. The fraction of sp³-hybridized carbons (Fsp3) is 0.429. The topological polar surface area (TPSA) is 79.4 Å². The van der Waals surface area contributed by atoms with Gasteiger partial charge in [-0.3, -0.25) is 9.10 Å². The van der Waals surface area contributed by atoms with Gasteiger partial charge in [-0.15, -0.1) is 0 Å². The standard InChI is InChI=1S/C21H27N3O3S/c1-5-7-17-10-14(2)11-18(12-17)23-21(25)19-13-20(22-16(4)15(19)3)24-8-6-9-28(24,26)27/h10-13H,5-9H2,1-4H3,(H,23,25). The van der Waals surface area contributed by atoms with Gasteiger partial charge in [-0.25, -0.2) is 13.4 Å². The lowest BCUT2D eigenvalue weighted by Gasteiger charge is -2.19. The Balaban J connectivity index is 1.94. The highest BCUT2D eigenvalue weighted by Crippen LogP contribution is 2.26. The minimum Gasteiger partial charge on any atom is -0.322 e. The number of hydrogen-bond donors (Lipinski definition) is 1. The van der Waals surface area contributed by atoms with Gasteiger partial charge in [0.1, 0.15) is 5.82 Å². The van der Waals surface area contributed by atoms with Crippen LogP contribution in [0.2, 0.25) is 0 Å². The molecule has 1 amide bonds. The Morgan fingerprint density at radius 2 is 1.93 bits per heavy atom. The lowest BCUT2D eigenvalue weighted by molar-refractivity contribution is 0.102. The first-order valence-corrected chi connectivity index (χ1v) is 11.2. The van der Waals surface area contributed by atoms with Gasteiger partial charge in [-0.1, -0.05) is 19.4 Å². The molecule has 150 valence electrons. The van der Waals surface area contributed by atoms with Crippen LogP contribution in [0.5, 0.6) is 0 Å². The first kappa shape index (κ1) is 20.3. The number of nitrogens with one attached hydrogen (secondary N) is 1. The smallest absolute Gasteiger partial charge is 0.256 e. The van der Waals surface area contributed by atoms with Gasteiger partial charge in [0.15, 0.2) is 0 Å².